The van der Waals surface area contributed by atoms with Crippen molar-refractivity contribution in [3.63, 3.8) is 0 Å². The summed E-state index contributed by atoms with van der Waals surface area (Å²) >= 11 is 0. The predicted octanol–water partition coefficient (Wildman–Crippen LogP) is 5.99. The van der Waals surface area contributed by atoms with Crippen molar-refractivity contribution < 1.29 is 23.8 Å². The standard InChI is InChI=1S/C27H30FN3O4/c1-27(2,3)35-26(34)30-21-11-9-20(10-12-21)29-23-15-18-14-17(25(32)33)6-13-22(18)31-24(23)16-4-7-19(28)8-5-16/h4-8,13-15,20-21,29H,9-12H2,1-3H3,(H,30,34)(H,32,33). The maximum atomic E-state index is 13.5. The van der Waals surface area contributed by atoms with Crippen molar-refractivity contribution in [1.29, 1.82) is 0 Å². The van der Waals surface area contributed by atoms with Gasteiger partial charge in [-0.3, -0.25) is 0 Å². The van der Waals surface area contributed by atoms with Crippen molar-refractivity contribution in [2.75, 3.05) is 5.32 Å². The van der Waals surface area contributed by atoms with Crippen LogP contribution in [0.25, 0.3) is 22.2 Å². The maximum absolute atomic E-state index is 13.5. The smallest absolute Gasteiger partial charge is 0.407 e. The Balaban J connectivity index is 1.54. The minimum absolute atomic E-state index is 0.0484. The van der Waals surface area contributed by atoms with Crippen molar-refractivity contribution in [2.45, 2.75) is 64.1 Å². The molecule has 35 heavy (non-hydrogen) atoms. The number of nitrogens with one attached hydrogen (secondary N) is 2. The van der Waals surface area contributed by atoms with E-state index >= 15 is 0 Å². The summed E-state index contributed by atoms with van der Waals surface area (Å²) < 4.78 is 18.9. The Labute approximate surface area is 203 Å². The number of carboxylic acids is 1. The Morgan fingerprint density at radius 2 is 1.66 bits per heavy atom. The molecule has 2 aromatic carbocycles. The van der Waals surface area contributed by atoms with E-state index in [4.69, 9.17) is 9.72 Å². The summed E-state index contributed by atoms with van der Waals surface area (Å²) in [5.41, 5.74) is 2.50. The van der Waals surface area contributed by atoms with Gasteiger partial charge in [0.25, 0.3) is 0 Å². The third-order valence-electron chi connectivity index (χ3n) is 5.99. The summed E-state index contributed by atoms with van der Waals surface area (Å²) in [5.74, 6) is -1.33. The van der Waals surface area contributed by atoms with Crippen LogP contribution < -0.4 is 10.6 Å². The molecule has 1 heterocycles. The summed E-state index contributed by atoms with van der Waals surface area (Å²) in [4.78, 5) is 28.3. The van der Waals surface area contributed by atoms with Gasteiger partial charge in [0.1, 0.15) is 11.4 Å². The minimum Gasteiger partial charge on any atom is -0.478 e. The van der Waals surface area contributed by atoms with Crippen LogP contribution in [0.1, 0.15) is 56.8 Å². The van der Waals surface area contributed by atoms with Gasteiger partial charge in [0.05, 0.1) is 22.5 Å². The molecule has 1 aromatic heterocycles. The number of benzene rings is 2. The van der Waals surface area contributed by atoms with Gasteiger partial charge in [-0.05, 0) is 95.0 Å². The highest BCUT2D eigenvalue weighted by Crippen LogP contribution is 2.33. The van der Waals surface area contributed by atoms with Crippen molar-refractivity contribution >= 4 is 28.7 Å². The topological polar surface area (TPSA) is 101 Å². The lowest BCUT2D eigenvalue weighted by atomic mass is 9.91. The van der Waals surface area contributed by atoms with Crippen LogP contribution in [0.4, 0.5) is 14.9 Å². The molecule has 3 aromatic rings. The summed E-state index contributed by atoms with van der Waals surface area (Å²) in [5, 5.41) is 16.6. The average molecular weight is 480 g/mol. The van der Waals surface area contributed by atoms with Gasteiger partial charge in [0.2, 0.25) is 0 Å². The Morgan fingerprint density at radius 1 is 1.00 bits per heavy atom. The number of fused-ring (bicyclic) bond motifs is 1. The first-order valence-electron chi connectivity index (χ1n) is 11.8. The lowest BCUT2D eigenvalue weighted by Gasteiger charge is -2.31. The maximum Gasteiger partial charge on any atom is 0.407 e. The second-order valence-electron chi connectivity index (χ2n) is 9.94. The van der Waals surface area contributed by atoms with E-state index in [1.54, 1.807) is 24.3 Å². The third-order valence-corrected chi connectivity index (χ3v) is 5.99. The first kappa shape index (κ1) is 24.4. The molecule has 3 N–H and O–H groups in total. The van der Waals surface area contributed by atoms with Gasteiger partial charge < -0.3 is 20.5 Å². The summed E-state index contributed by atoms with van der Waals surface area (Å²) in [6.07, 6.45) is 2.85. The van der Waals surface area contributed by atoms with E-state index in [1.165, 1.54) is 18.2 Å². The molecule has 0 aliphatic heterocycles. The highest BCUT2D eigenvalue weighted by Gasteiger charge is 2.25. The molecule has 0 atom stereocenters. The highest BCUT2D eigenvalue weighted by molar-refractivity contribution is 5.96. The number of nitrogens with zero attached hydrogens (tertiary/aromatic N) is 1. The number of pyridine rings is 1. The number of aromatic nitrogens is 1. The number of carbonyl (C=O) groups excluding carboxylic acids is 1. The zero-order valence-corrected chi connectivity index (χ0v) is 20.1. The monoisotopic (exact) mass is 479 g/mol. The van der Waals surface area contributed by atoms with Crippen LogP contribution in [-0.2, 0) is 4.74 Å². The van der Waals surface area contributed by atoms with Crippen molar-refractivity contribution in [3.05, 3.63) is 59.9 Å². The van der Waals surface area contributed by atoms with E-state index < -0.39 is 17.7 Å². The second-order valence-corrected chi connectivity index (χ2v) is 9.94. The summed E-state index contributed by atoms with van der Waals surface area (Å²) in [7, 11) is 0. The first-order valence-corrected chi connectivity index (χ1v) is 11.8. The fourth-order valence-corrected chi connectivity index (χ4v) is 4.32. The van der Waals surface area contributed by atoms with Gasteiger partial charge in [-0.1, -0.05) is 0 Å². The van der Waals surface area contributed by atoms with Crippen LogP contribution in [0, 0.1) is 5.82 Å². The third kappa shape index (κ3) is 6.26. The van der Waals surface area contributed by atoms with E-state index in [9.17, 15) is 19.1 Å². The molecule has 0 bridgehead atoms. The second kappa shape index (κ2) is 9.90. The molecule has 1 amide bonds. The lowest BCUT2D eigenvalue weighted by molar-refractivity contribution is 0.0491. The van der Waals surface area contributed by atoms with E-state index in [0.717, 1.165) is 36.9 Å². The van der Waals surface area contributed by atoms with Crippen LogP contribution in [0.15, 0.2) is 48.5 Å². The fraction of sp³-hybridized carbons (Fsp3) is 0.370. The van der Waals surface area contributed by atoms with Gasteiger partial charge in [0, 0.05) is 23.0 Å². The number of rotatable bonds is 5. The zero-order chi connectivity index (χ0) is 25.2. The quantitative estimate of drug-likeness (QED) is 0.416. The molecule has 7 nitrogen and oxygen atoms in total. The number of alkyl carbamates (subject to hydrolysis) is 1. The molecule has 0 radical (unpaired) electrons. The number of amides is 1. The number of ether oxygens (including phenoxy) is 1. The van der Waals surface area contributed by atoms with Gasteiger partial charge in [-0.2, -0.15) is 0 Å². The number of carboxylic acid groups (broad SMARTS) is 1. The molecule has 184 valence electrons. The number of hydrogen-bond acceptors (Lipinski definition) is 5. The number of anilines is 1. The van der Waals surface area contributed by atoms with Gasteiger partial charge in [-0.25, -0.2) is 19.0 Å². The molecule has 0 spiro atoms. The fourth-order valence-electron chi connectivity index (χ4n) is 4.32. The molecule has 1 aliphatic rings. The number of hydrogen-bond donors (Lipinski definition) is 3. The van der Waals surface area contributed by atoms with Crippen LogP contribution >= 0.6 is 0 Å². The molecule has 8 heteroatoms. The SMILES string of the molecule is CC(C)(C)OC(=O)NC1CCC(Nc2cc3cc(C(=O)O)ccc3nc2-c2ccc(F)cc2)CC1. The van der Waals surface area contributed by atoms with Gasteiger partial charge in [-0.15, -0.1) is 0 Å². The summed E-state index contributed by atoms with van der Waals surface area (Å²) in [6.45, 7) is 5.51. The number of carbonyl (C=O) groups is 2. The molecule has 0 saturated heterocycles. The Hall–Kier alpha value is -3.68. The van der Waals surface area contributed by atoms with E-state index in [0.29, 0.717) is 16.6 Å². The largest absolute Gasteiger partial charge is 0.478 e. The number of halogens is 1. The zero-order valence-electron chi connectivity index (χ0n) is 20.1. The first-order chi connectivity index (χ1) is 16.6. The minimum atomic E-state index is -1.00. The highest BCUT2D eigenvalue weighted by atomic mass is 19.1. The average Bonchev–Trinajstić information content (AvgIpc) is 2.79. The Bertz CT molecular complexity index is 1230. The van der Waals surface area contributed by atoms with Crippen molar-refractivity contribution in [2.24, 2.45) is 0 Å². The molecular weight excluding hydrogens is 449 g/mol. The van der Waals surface area contributed by atoms with Gasteiger partial charge in [0.15, 0.2) is 0 Å². The molecule has 1 aliphatic carbocycles. The van der Waals surface area contributed by atoms with Crippen LogP contribution in [0.2, 0.25) is 0 Å². The Kier molecular flexibility index (Phi) is 6.91. The van der Waals surface area contributed by atoms with Gasteiger partial charge >= 0.3 is 12.1 Å². The van der Waals surface area contributed by atoms with Crippen LogP contribution in [0.5, 0.6) is 0 Å². The van der Waals surface area contributed by atoms with E-state index in [1.807, 2.05) is 26.8 Å². The lowest BCUT2D eigenvalue weighted by Crippen LogP contribution is -2.42. The van der Waals surface area contributed by atoms with Crippen LogP contribution in [-0.4, -0.2) is 39.8 Å². The number of aromatic carboxylic acids is 1. The summed E-state index contributed by atoms with van der Waals surface area (Å²) in [6, 6.07) is 13.1. The normalized spacial score (nSPS) is 18.2. The van der Waals surface area contributed by atoms with Crippen molar-refractivity contribution in [3.8, 4) is 11.3 Å². The molecule has 4 rings (SSSR count). The van der Waals surface area contributed by atoms with E-state index in [2.05, 4.69) is 10.6 Å². The Morgan fingerprint density at radius 3 is 2.29 bits per heavy atom. The van der Waals surface area contributed by atoms with E-state index in [-0.39, 0.29) is 23.5 Å². The van der Waals surface area contributed by atoms with Crippen LogP contribution in [0.3, 0.4) is 0 Å². The predicted molar refractivity (Wildman–Crippen MR) is 133 cm³/mol. The van der Waals surface area contributed by atoms with Crippen molar-refractivity contribution in [1.82, 2.24) is 10.3 Å². The molecule has 1 saturated carbocycles. The molecule has 1 fully saturated rings. The molecular formula is C27H30FN3O4. The molecule has 0 unspecified atom stereocenters.